The molecular weight excluding hydrogens is 2040 g/mol. The molecule has 25 aromatic carbocycles. The third-order valence-corrected chi connectivity index (χ3v) is 29.7. The summed E-state index contributed by atoms with van der Waals surface area (Å²) in [4.78, 5) is 9.39. The largest absolute Gasteiger partial charge is 0.310 e. The van der Waals surface area contributed by atoms with Gasteiger partial charge in [-0.25, -0.2) is 0 Å². The minimum atomic E-state index is 1.06. The molecule has 0 spiro atoms. The highest BCUT2D eigenvalue weighted by atomic mass is 79.9. The highest BCUT2D eigenvalue weighted by molar-refractivity contribution is 9.11. The number of anilines is 12. The van der Waals surface area contributed by atoms with E-state index >= 15 is 0 Å². The molecule has 0 aliphatic rings. The van der Waals surface area contributed by atoms with Crippen LogP contribution in [0, 0.1) is 0 Å². The van der Waals surface area contributed by atoms with E-state index in [0.29, 0.717) is 0 Å². The summed E-state index contributed by atoms with van der Waals surface area (Å²) in [6, 6.07) is 200. The lowest BCUT2D eigenvalue weighted by atomic mass is 9.98. The van der Waals surface area contributed by atoms with Gasteiger partial charge in [-0.3, -0.25) is 0 Å². The molecule has 0 saturated carbocycles. The number of aromatic nitrogens is 2. The molecule has 2 aromatic heterocycles. The van der Waals surface area contributed by atoms with Crippen LogP contribution in [0.25, 0.3) is 153 Å². The lowest BCUT2D eigenvalue weighted by molar-refractivity contribution is 1.18. The maximum atomic E-state index is 3.65. The van der Waals surface area contributed by atoms with Gasteiger partial charge in [-0.05, 0) is 323 Å². The Morgan fingerprint density at radius 3 is 1.01 bits per heavy atom. The van der Waals surface area contributed by atoms with Crippen LogP contribution in [-0.2, 0) is 0 Å². The van der Waals surface area contributed by atoms with Gasteiger partial charge in [0.2, 0.25) is 0 Å². The molecule has 27 rings (SSSR count). The molecule has 0 unspecified atom stereocenters. The zero-order valence-electron chi connectivity index (χ0n) is 79.3. The topological polar surface area (TPSA) is 22.8 Å². The normalized spacial score (nSPS) is 11.3. The van der Waals surface area contributed by atoms with Gasteiger partial charge in [0, 0.05) is 118 Å². The van der Waals surface area contributed by atoms with E-state index in [-0.39, 0.29) is 0 Å². The van der Waals surface area contributed by atoms with Gasteiger partial charge in [0.15, 0.2) is 0 Å². The first-order valence-electron chi connectivity index (χ1n) is 49.0. The van der Waals surface area contributed by atoms with Crippen molar-refractivity contribution in [2.45, 2.75) is 0 Å². The predicted molar refractivity (Wildman–Crippen MR) is 637 cm³/mol. The molecule has 694 valence electrons. The van der Waals surface area contributed by atoms with E-state index in [1.165, 1.54) is 147 Å². The summed E-state index contributed by atoms with van der Waals surface area (Å²) in [6.45, 7) is 0. The van der Waals surface area contributed by atoms with Crippen LogP contribution in [0.3, 0.4) is 0 Å². The van der Waals surface area contributed by atoms with Crippen molar-refractivity contribution in [3.05, 3.63) is 576 Å². The summed E-state index contributed by atoms with van der Waals surface area (Å²) in [5, 5.41) is 22.4. The van der Waals surface area contributed by atoms with E-state index < -0.39 is 0 Å². The summed E-state index contributed by atoms with van der Waals surface area (Å²) in [5.74, 6) is 0. The van der Waals surface area contributed by atoms with Crippen LogP contribution in [0.5, 0.6) is 0 Å². The monoisotopic (exact) mass is 2120 g/mol. The average Bonchev–Trinajstić information content (AvgIpc) is 1.57. The third kappa shape index (κ3) is 18.4. The summed E-state index contributed by atoms with van der Waals surface area (Å²) in [7, 11) is 0. The molecule has 146 heavy (non-hydrogen) atoms. The Labute approximate surface area is 881 Å². The Morgan fingerprint density at radius 2 is 0.459 bits per heavy atom. The first-order valence-corrected chi connectivity index (χ1v) is 52.2. The second-order valence-electron chi connectivity index (χ2n) is 36.4. The fourth-order valence-corrected chi connectivity index (χ4v) is 21.8. The Hall–Kier alpha value is -17.0. The Bertz CT molecular complexity index is 9460. The minimum Gasteiger partial charge on any atom is -0.310 e. The van der Waals surface area contributed by atoms with E-state index in [1.807, 2.05) is 0 Å². The summed E-state index contributed by atoms with van der Waals surface area (Å²) >= 11 is 14.4. The highest BCUT2D eigenvalue weighted by Crippen LogP contribution is 2.49. The molecule has 0 amide bonds. The van der Waals surface area contributed by atoms with E-state index in [2.05, 4.69) is 651 Å². The molecule has 6 nitrogen and oxygen atoms in total. The first kappa shape index (κ1) is 91.5. The molecule has 10 heteroatoms. The predicted octanol–water partition coefficient (Wildman–Crippen LogP) is 41.3. The highest BCUT2D eigenvalue weighted by Gasteiger charge is 2.25. The van der Waals surface area contributed by atoms with Crippen molar-refractivity contribution < 1.29 is 0 Å². The van der Waals surface area contributed by atoms with Crippen LogP contribution in [0.15, 0.2) is 576 Å². The summed E-state index contributed by atoms with van der Waals surface area (Å²) in [5.41, 5.74) is 25.6. The quantitative estimate of drug-likeness (QED) is 0.0710. The molecule has 0 radical (unpaired) electrons. The molecule has 0 aliphatic heterocycles. The van der Waals surface area contributed by atoms with Crippen LogP contribution in [-0.4, -0.2) is 9.13 Å². The van der Waals surface area contributed by atoms with Gasteiger partial charge in [0.25, 0.3) is 0 Å². The summed E-state index contributed by atoms with van der Waals surface area (Å²) < 4.78 is 9.00. The van der Waals surface area contributed by atoms with Crippen LogP contribution >= 0.6 is 63.7 Å². The second-order valence-corrected chi connectivity index (χ2v) is 40.1. The molecule has 0 N–H and O–H groups in total. The SMILES string of the molecule is Brc1ccc(N(c2ccc(-c3cccc4ccccc34)cc2)c2ccc3ccccc3c2)cc1.Brc1ccc(N(c2ccc(-c3ccccc3)cc2)c2ccc3cc4ccccc4cc3c2)cc1.Brc1ccc(N(c2ccc3c(c2)c2ccccc2n3-c2ccccc2)c2cccc3ccccc23)cc1.Brc1ccc(N(c2ccc3c4ccccc4n(-c4ccccc4)c3c2)c2cc3ccccc3c3ccccc23)cc1. The zero-order chi connectivity index (χ0) is 97.9. The first-order chi connectivity index (χ1) is 72.0. The number of fused-ring (bicyclic) bond motifs is 14. The molecule has 0 bridgehead atoms. The standard InChI is InChI=1S/C38H25BrN2.C34H23BrN2.2C32H22BrN/c39-27-18-20-29(21-19-27)40(37-24-26-10-4-5-13-31(26)32-14-6-7-15-33(32)37)30-22-23-35-34-16-8-9-17-36(34)41(38(35)25-30)28-11-2-1-3-12-28;35-25-17-19-27(20-18-25)36(32-16-8-10-24-9-4-5-13-29(24)32)28-21-22-34-31(23-28)30-14-6-7-15-33(30)37(34)26-11-2-1-3-12-26;33-27-15-20-29(21-16-27)34(30-19-12-23-6-1-2-8-26(23)22-30)28-17-13-25(14-18-28)32-11-5-9-24-7-3-4-10-31(24)32;33-29-13-18-31(19-14-29)34(30-15-10-24(11-16-30)23-6-2-1-3-7-23)32-17-12-27-20-25-8-4-5-9-26(25)21-28(27)22-32/h1-25H;1-23H;2*1-22H. The van der Waals surface area contributed by atoms with Crippen molar-refractivity contribution in [1.29, 1.82) is 0 Å². The van der Waals surface area contributed by atoms with Crippen LogP contribution in [0.2, 0.25) is 0 Å². The molecule has 2 heterocycles. The Kier molecular flexibility index (Phi) is 25.6. The van der Waals surface area contributed by atoms with Crippen molar-refractivity contribution in [2.24, 2.45) is 0 Å². The molecule has 0 atom stereocenters. The van der Waals surface area contributed by atoms with Crippen molar-refractivity contribution in [2.75, 3.05) is 19.6 Å². The fraction of sp³-hybridized carbons (Fsp3) is 0. The van der Waals surface area contributed by atoms with Crippen LogP contribution in [0.1, 0.15) is 0 Å². The van der Waals surface area contributed by atoms with Crippen LogP contribution < -0.4 is 19.6 Å². The third-order valence-electron chi connectivity index (χ3n) is 27.6. The number of rotatable bonds is 16. The average molecular weight is 2130 g/mol. The number of nitrogens with zero attached hydrogens (tertiary/aromatic N) is 6. The minimum absolute atomic E-state index is 1.06. The number of benzene rings is 25. The van der Waals surface area contributed by atoms with Gasteiger partial charge < -0.3 is 28.7 Å². The Morgan fingerprint density at radius 1 is 0.137 bits per heavy atom. The number of hydrogen-bond acceptors (Lipinski definition) is 4. The fourth-order valence-electron chi connectivity index (χ4n) is 20.7. The molecule has 0 saturated heterocycles. The van der Waals surface area contributed by atoms with Crippen molar-refractivity contribution in [1.82, 2.24) is 9.13 Å². The van der Waals surface area contributed by atoms with E-state index in [9.17, 15) is 0 Å². The number of hydrogen-bond donors (Lipinski definition) is 0. The lowest BCUT2D eigenvalue weighted by Gasteiger charge is -2.28. The van der Waals surface area contributed by atoms with Gasteiger partial charge in [0.05, 0.1) is 33.4 Å². The summed E-state index contributed by atoms with van der Waals surface area (Å²) in [6.07, 6.45) is 0. The maximum absolute atomic E-state index is 3.65. The molecule has 27 aromatic rings. The van der Waals surface area contributed by atoms with Crippen LogP contribution in [0.4, 0.5) is 68.2 Å². The van der Waals surface area contributed by atoms with Crippen molar-refractivity contribution in [3.8, 4) is 33.6 Å². The van der Waals surface area contributed by atoms with E-state index in [1.54, 1.807) is 0 Å². The lowest BCUT2D eigenvalue weighted by Crippen LogP contribution is -2.11. The van der Waals surface area contributed by atoms with Gasteiger partial charge in [-0.2, -0.15) is 0 Å². The van der Waals surface area contributed by atoms with Crippen molar-refractivity contribution >= 4 is 251 Å². The zero-order valence-corrected chi connectivity index (χ0v) is 85.7. The smallest absolute Gasteiger partial charge is 0.0561 e. The maximum Gasteiger partial charge on any atom is 0.0561 e. The number of halogens is 4. The van der Waals surface area contributed by atoms with E-state index in [0.717, 1.165) is 91.8 Å². The molecule has 0 fully saturated rings. The second kappa shape index (κ2) is 40.8. The van der Waals surface area contributed by atoms with Gasteiger partial charge in [-0.1, -0.05) is 385 Å². The van der Waals surface area contributed by atoms with Gasteiger partial charge in [-0.15, -0.1) is 0 Å². The molecular formula is C136H92Br4N6. The molecule has 0 aliphatic carbocycles. The van der Waals surface area contributed by atoms with Gasteiger partial charge >= 0.3 is 0 Å². The van der Waals surface area contributed by atoms with Gasteiger partial charge in [0.1, 0.15) is 0 Å². The van der Waals surface area contributed by atoms with E-state index in [4.69, 9.17) is 0 Å². The van der Waals surface area contributed by atoms with Crippen molar-refractivity contribution in [3.63, 3.8) is 0 Å². The number of para-hydroxylation sites is 4. The Balaban J connectivity index is 0.000000105.